The molecule has 0 amide bonds. The molecule has 0 spiro atoms. The summed E-state index contributed by atoms with van der Waals surface area (Å²) in [5, 5.41) is 0. The fraction of sp³-hybridized carbons (Fsp3) is 1.00. The van der Waals surface area contributed by atoms with Crippen LogP contribution in [-0.4, -0.2) is 42.8 Å². The summed E-state index contributed by atoms with van der Waals surface area (Å²) in [6.07, 6.45) is 6.77. The standard InChI is InChI=1S/C14H28N2O/c1-3-9-17-13-5-4-8-16(10-13)14(2,11-15)12-6-7-12/h12-13H,3-11,15H2,1-2H3. The first-order chi connectivity index (χ1) is 8.20. The molecule has 2 N–H and O–H groups in total. The van der Waals surface area contributed by atoms with Crippen molar-refractivity contribution in [3.63, 3.8) is 0 Å². The average molecular weight is 240 g/mol. The molecular weight excluding hydrogens is 212 g/mol. The van der Waals surface area contributed by atoms with Crippen molar-refractivity contribution in [2.75, 3.05) is 26.2 Å². The Morgan fingerprint density at radius 1 is 1.35 bits per heavy atom. The molecule has 2 rings (SSSR count). The van der Waals surface area contributed by atoms with Crippen LogP contribution in [0.5, 0.6) is 0 Å². The van der Waals surface area contributed by atoms with Gasteiger partial charge in [-0.1, -0.05) is 6.92 Å². The van der Waals surface area contributed by atoms with Gasteiger partial charge in [-0.2, -0.15) is 0 Å². The van der Waals surface area contributed by atoms with Gasteiger partial charge in [-0.05, 0) is 51.5 Å². The molecule has 1 aliphatic heterocycles. The molecule has 1 saturated carbocycles. The van der Waals surface area contributed by atoms with Gasteiger partial charge in [0, 0.05) is 25.2 Å². The Bertz CT molecular complexity index is 242. The lowest BCUT2D eigenvalue weighted by Gasteiger charge is -2.45. The van der Waals surface area contributed by atoms with Crippen LogP contribution in [0, 0.1) is 5.92 Å². The SMILES string of the molecule is CCCOC1CCCN(C(C)(CN)C2CC2)C1. The van der Waals surface area contributed by atoms with Gasteiger partial charge < -0.3 is 10.5 Å². The first kappa shape index (κ1) is 13.3. The van der Waals surface area contributed by atoms with Crippen LogP contribution in [0.2, 0.25) is 0 Å². The Morgan fingerprint density at radius 3 is 2.71 bits per heavy atom. The molecule has 0 aromatic heterocycles. The van der Waals surface area contributed by atoms with E-state index in [1.165, 1.54) is 32.2 Å². The van der Waals surface area contributed by atoms with E-state index in [1.807, 2.05) is 0 Å². The highest BCUT2D eigenvalue weighted by Gasteiger charge is 2.45. The number of nitrogens with two attached hydrogens (primary N) is 1. The summed E-state index contributed by atoms with van der Waals surface area (Å²) in [5.41, 5.74) is 6.27. The maximum atomic E-state index is 6.04. The summed E-state index contributed by atoms with van der Waals surface area (Å²) < 4.78 is 5.92. The molecule has 1 heterocycles. The third kappa shape index (κ3) is 3.01. The number of piperidine rings is 1. The fourth-order valence-electron chi connectivity index (χ4n) is 3.08. The van der Waals surface area contributed by atoms with Crippen LogP contribution in [0.4, 0.5) is 0 Å². The molecule has 3 nitrogen and oxygen atoms in total. The minimum atomic E-state index is 0.230. The van der Waals surface area contributed by atoms with Crippen molar-refractivity contribution in [3.8, 4) is 0 Å². The predicted molar refractivity (Wildman–Crippen MR) is 71.0 cm³/mol. The Hall–Kier alpha value is -0.120. The molecular formula is C14H28N2O. The van der Waals surface area contributed by atoms with Gasteiger partial charge in [-0.15, -0.1) is 0 Å². The van der Waals surface area contributed by atoms with Gasteiger partial charge in [0.05, 0.1) is 6.10 Å². The molecule has 2 aliphatic rings. The lowest BCUT2D eigenvalue weighted by molar-refractivity contribution is -0.0376. The third-order valence-corrected chi connectivity index (χ3v) is 4.53. The first-order valence-corrected chi connectivity index (χ1v) is 7.27. The second kappa shape index (κ2) is 5.68. The number of likely N-dealkylation sites (tertiary alicyclic amines) is 1. The Balaban J connectivity index is 1.91. The molecule has 0 aromatic carbocycles. The van der Waals surface area contributed by atoms with E-state index in [4.69, 9.17) is 10.5 Å². The highest BCUT2D eigenvalue weighted by Crippen LogP contribution is 2.43. The van der Waals surface area contributed by atoms with Gasteiger partial charge in [-0.3, -0.25) is 4.90 Å². The van der Waals surface area contributed by atoms with Crippen molar-refractivity contribution < 1.29 is 4.74 Å². The maximum Gasteiger partial charge on any atom is 0.0702 e. The molecule has 2 atom stereocenters. The maximum absolute atomic E-state index is 6.04. The summed E-state index contributed by atoms with van der Waals surface area (Å²) in [5.74, 6) is 0.831. The molecule has 0 bridgehead atoms. The minimum absolute atomic E-state index is 0.230. The van der Waals surface area contributed by atoms with Crippen molar-refractivity contribution in [2.45, 2.75) is 57.6 Å². The predicted octanol–water partition coefficient (Wildman–Crippen LogP) is 2.00. The van der Waals surface area contributed by atoms with Crippen molar-refractivity contribution in [2.24, 2.45) is 11.7 Å². The van der Waals surface area contributed by atoms with Crippen LogP contribution in [0.25, 0.3) is 0 Å². The Labute approximate surface area is 106 Å². The van der Waals surface area contributed by atoms with Gasteiger partial charge in [0.25, 0.3) is 0 Å². The largest absolute Gasteiger partial charge is 0.377 e. The average Bonchev–Trinajstić information content (AvgIpc) is 3.20. The van der Waals surface area contributed by atoms with E-state index in [-0.39, 0.29) is 5.54 Å². The number of ether oxygens (including phenoxy) is 1. The number of hydrogen-bond acceptors (Lipinski definition) is 3. The van der Waals surface area contributed by atoms with Gasteiger partial charge in [0.15, 0.2) is 0 Å². The zero-order valence-corrected chi connectivity index (χ0v) is 11.5. The Morgan fingerprint density at radius 2 is 2.12 bits per heavy atom. The topological polar surface area (TPSA) is 38.5 Å². The summed E-state index contributed by atoms with van der Waals surface area (Å²) in [4.78, 5) is 2.61. The van der Waals surface area contributed by atoms with Crippen LogP contribution in [-0.2, 0) is 4.74 Å². The molecule has 1 saturated heterocycles. The van der Waals surface area contributed by atoms with E-state index >= 15 is 0 Å². The minimum Gasteiger partial charge on any atom is -0.377 e. The summed E-state index contributed by atoms with van der Waals surface area (Å²) in [6, 6.07) is 0. The number of nitrogens with zero attached hydrogens (tertiary/aromatic N) is 1. The van der Waals surface area contributed by atoms with Crippen LogP contribution in [0.1, 0.15) is 46.0 Å². The molecule has 100 valence electrons. The van der Waals surface area contributed by atoms with Crippen molar-refractivity contribution >= 4 is 0 Å². The van der Waals surface area contributed by atoms with E-state index in [9.17, 15) is 0 Å². The van der Waals surface area contributed by atoms with Crippen LogP contribution in [0.3, 0.4) is 0 Å². The molecule has 2 unspecified atom stereocenters. The number of hydrogen-bond donors (Lipinski definition) is 1. The molecule has 17 heavy (non-hydrogen) atoms. The number of rotatable bonds is 6. The van der Waals surface area contributed by atoms with Gasteiger partial charge in [0.1, 0.15) is 0 Å². The molecule has 3 heteroatoms. The van der Waals surface area contributed by atoms with E-state index in [0.717, 1.165) is 32.0 Å². The van der Waals surface area contributed by atoms with E-state index in [2.05, 4.69) is 18.7 Å². The Kier molecular flexibility index (Phi) is 4.45. The fourth-order valence-corrected chi connectivity index (χ4v) is 3.08. The molecule has 2 fully saturated rings. The normalized spacial score (nSPS) is 30.2. The summed E-state index contributed by atoms with van der Waals surface area (Å²) in [7, 11) is 0. The van der Waals surface area contributed by atoms with Crippen LogP contribution >= 0.6 is 0 Å². The van der Waals surface area contributed by atoms with Crippen LogP contribution in [0.15, 0.2) is 0 Å². The molecule has 1 aliphatic carbocycles. The summed E-state index contributed by atoms with van der Waals surface area (Å²) in [6.45, 7) is 8.52. The van der Waals surface area contributed by atoms with Crippen LogP contribution < -0.4 is 5.73 Å². The lowest BCUT2D eigenvalue weighted by Crippen LogP contribution is -2.57. The quantitative estimate of drug-likeness (QED) is 0.772. The molecule has 0 radical (unpaired) electrons. The van der Waals surface area contributed by atoms with E-state index in [1.54, 1.807) is 0 Å². The second-order valence-electron chi connectivity index (χ2n) is 5.92. The van der Waals surface area contributed by atoms with E-state index < -0.39 is 0 Å². The first-order valence-electron chi connectivity index (χ1n) is 7.27. The third-order valence-electron chi connectivity index (χ3n) is 4.53. The second-order valence-corrected chi connectivity index (χ2v) is 5.92. The van der Waals surface area contributed by atoms with Gasteiger partial charge >= 0.3 is 0 Å². The van der Waals surface area contributed by atoms with Crippen molar-refractivity contribution in [1.82, 2.24) is 4.90 Å². The van der Waals surface area contributed by atoms with Gasteiger partial charge in [0.2, 0.25) is 0 Å². The summed E-state index contributed by atoms with van der Waals surface area (Å²) >= 11 is 0. The lowest BCUT2D eigenvalue weighted by atomic mass is 9.90. The smallest absolute Gasteiger partial charge is 0.0702 e. The van der Waals surface area contributed by atoms with Crippen molar-refractivity contribution in [1.29, 1.82) is 0 Å². The monoisotopic (exact) mass is 240 g/mol. The molecule has 0 aromatic rings. The highest BCUT2D eigenvalue weighted by atomic mass is 16.5. The zero-order chi connectivity index (χ0) is 12.3. The van der Waals surface area contributed by atoms with Crippen molar-refractivity contribution in [3.05, 3.63) is 0 Å². The van der Waals surface area contributed by atoms with E-state index in [0.29, 0.717) is 6.10 Å². The van der Waals surface area contributed by atoms with Gasteiger partial charge in [-0.25, -0.2) is 0 Å². The zero-order valence-electron chi connectivity index (χ0n) is 11.5. The highest BCUT2D eigenvalue weighted by molar-refractivity contribution is 5.01.